The van der Waals surface area contributed by atoms with Crippen molar-refractivity contribution in [2.75, 3.05) is 25.7 Å². The molecule has 1 aliphatic heterocycles. The zero-order valence-electron chi connectivity index (χ0n) is 22.7. The van der Waals surface area contributed by atoms with E-state index in [1.54, 1.807) is 23.6 Å². The molecule has 3 aromatic carbocycles. The second kappa shape index (κ2) is 11.7. The van der Waals surface area contributed by atoms with Crippen molar-refractivity contribution in [3.63, 3.8) is 0 Å². The van der Waals surface area contributed by atoms with Gasteiger partial charge in [0.2, 0.25) is 0 Å². The molecule has 210 valence electrons. The minimum atomic E-state index is -3.61. The van der Waals surface area contributed by atoms with Crippen molar-refractivity contribution in [2.24, 2.45) is 4.99 Å². The molecule has 0 saturated carbocycles. The molecule has 0 fully saturated rings. The number of carbonyl (C=O) groups excluding carboxylic acids is 2. The first-order chi connectivity index (χ1) is 19.7. The molecule has 0 aliphatic carbocycles. The van der Waals surface area contributed by atoms with Crippen LogP contribution in [0.5, 0.6) is 11.5 Å². The highest BCUT2D eigenvalue weighted by atomic mass is 32.2. The monoisotopic (exact) mass is 588 g/mol. The molecule has 41 heavy (non-hydrogen) atoms. The van der Waals surface area contributed by atoms with Crippen LogP contribution >= 0.6 is 11.3 Å². The van der Waals surface area contributed by atoms with Gasteiger partial charge in [0.15, 0.2) is 11.5 Å². The number of hydrogen-bond donors (Lipinski definition) is 0. The molecule has 2 amide bonds. The first kappa shape index (κ1) is 28.3. The molecule has 0 spiro atoms. The zero-order chi connectivity index (χ0) is 29.1. The van der Waals surface area contributed by atoms with Crippen LogP contribution in [0.25, 0.3) is 0 Å². The Morgan fingerprint density at radius 2 is 1.56 bits per heavy atom. The molecule has 1 atom stereocenters. The molecule has 10 heteroatoms. The molecule has 1 aliphatic rings. The van der Waals surface area contributed by atoms with E-state index in [4.69, 9.17) is 14.5 Å². The van der Waals surface area contributed by atoms with Gasteiger partial charge in [-0.3, -0.25) is 14.5 Å². The number of ether oxygens (including phenoxy) is 2. The standard InChI is InChI=1S/C31H28N2O6S2/c1-4-39-26-17-22(15-16-25(26)38-2)24(19-41(3,36)37)33-30(34)27-23(18-40-29(27)31(33)35)32-28(20-11-7-5-8-12-20)21-13-9-6-10-14-21/h5-18,24H,4,19H2,1-3H3. The van der Waals surface area contributed by atoms with Crippen molar-refractivity contribution in [1.29, 1.82) is 0 Å². The normalized spacial score (nSPS) is 13.6. The molecule has 5 rings (SSSR count). The first-order valence-electron chi connectivity index (χ1n) is 12.9. The van der Waals surface area contributed by atoms with E-state index in [0.29, 0.717) is 35.1 Å². The van der Waals surface area contributed by atoms with Crippen molar-refractivity contribution in [2.45, 2.75) is 13.0 Å². The minimum Gasteiger partial charge on any atom is -0.493 e. The lowest BCUT2D eigenvalue weighted by atomic mass is 10.0. The summed E-state index contributed by atoms with van der Waals surface area (Å²) in [6.07, 6.45) is 1.08. The Bertz CT molecular complexity index is 1690. The molecule has 1 unspecified atom stereocenters. The van der Waals surface area contributed by atoms with E-state index in [1.165, 1.54) is 7.11 Å². The predicted molar refractivity (Wildman–Crippen MR) is 160 cm³/mol. The van der Waals surface area contributed by atoms with Crippen LogP contribution in [0.2, 0.25) is 0 Å². The average Bonchev–Trinajstić information content (AvgIpc) is 3.49. The van der Waals surface area contributed by atoms with Crippen LogP contribution in [0.15, 0.2) is 89.2 Å². The highest BCUT2D eigenvalue weighted by Gasteiger charge is 2.45. The summed E-state index contributed by atoms with van der Waals surface area (Å²) in [6.45, 7) is 2.16. The van der Waals surface area contributed by atoms with E-state index in [0.717, 1.165) is 33.6 Å². The molecule has 2 heterocycles. The number of hydrogen-bond acceptors (Lipinski definition) is 8. The average molecular weight is 589 g/mol. The van der Waals surface area contributed by atoms with Crippen LogP contribution in [0.1, 0.15) is 49.7 Å². The fourth-order valence-electron chi connectivity index (χ4n) is 4.78. The Balaban J connectivity index is 1.60. The highest BCUT2D eigenvalue weighted by molar-refractivity contribution is 7.90. The van der Waals surface area contributed by atoms with E-state index in [-0.39, 0.29) is 10.4 Å². The summed E-state index contributed by atoms with van der Waals surface area (Å²) in [5, 5.41) is 1.69. The summed E-state index contributed by atoms with van der Waals surface area (Å²) in [6, 6.07) is 23.0. The zero-order valence-corrected chi connectivity index (χ0v) is 24.4. The molecule has 8 nitrogen and oxygen atoms in total. The lowest BCUT2D eigenvalue weighted by Crippen LogP contribution is -2.37. The van der Waals surface area contributed by atoms with E-state index in [9.17, 15) is 18.0 Å². The van der Waals surface area contributed by atoms with Gasteiger partial charge in [-0.15, -0.1) is 11.3 Å². The van der Waals surface area contributed by atoms with Crippen molar-refractivity contribution in [3.05, 3.63) is 111 Å². The van der Waals surface area contributed by atoms with Gasteiger partial charge in [-0.2, -0.15) is 0 Å². The number of rotatable bonds is 10. The molecule has 0 N–H and O–H groups in total. The van der Waals surface area contributed by atoms with Crippen molar-refractivity contribution in [3.8, 4) is 11.5 Å². The van der Waals surface area contributed by atoms with Gasteiger partial charge in [-0.1, -0.05) is 66.7 Å². The highest BCUT2D eigenvalue weighted by Crippen LogP contribution is 2.42. The van der Waals surface area contributed by atoms with Gasteiger partial charge in [-0.05, 0) is 24.6 Å². The van der Waals surface area contributed by atoms with E-state index >= 15 is 0 Å². The molecule has 0 saturated heterocycles. The second-order valence-electron chi connectivity index (χ2n) is 9.45. The Kier molecular flexibility index (Phi) is 8.05. The predicted octanol–water partition coefficient (Wildman–Crippen LogP) is 5.71. The maximum atomic E-state index is 14.0. The summed E-state index contributed by atoms with van der Waals surface area (Å²) >= 11 is 1.12. The fourth-order valence-corrected chi connectivity index (χ4v) is 6.61. The number of nitrogens with zero attached hydrogens (tertiary/aromatic N) is 2. The fraction of sp³-hybridized carbons (Fsp3) is 0.194. The molecule has 1 aromatic heterocycles. The summed E-state index contributed by atoms with van der Waals surface area (Å²) in [5.74, 6) is -0.749. The summed E-state index contributed by atoms with van der Waals surface area (Å²) in [4.78, 5) is 33.8. The Labute approximate surface area is 242 Å². The number of benzene rings is 3. The number of amides is 2. The number of aliphatic imine (C=N–C) groups is 1. The maximum absolute atomic E-state index is 14.0. The van der Waals surface area contributed by atoms with Gasteiger partial charge >= 0.3 is 0 Å². The van der Waals surface area contributed by atoms with Gasteiger partial charge in [-0.25, -0.2) is 13.4 Å². The van der Waals surface area contributed by atoms with Crippen LogP contribution in [-0.4, -0.2) is 56.6 Å². The van der Waals surface area contributed by atoms with Crippen LogP contribution in [0, 0.1) is 0 Å². The third-order valence-corrected chi connectivity index (χ3v) is 8.47. The van der Waals surface area contributed by atoms with Gasteiger partial charge in [0.05, 0.1) is 42.5 Å². The molecular formula is C31H28N2O6S2. The van der Waals surface area contributed by atoms with Gasteiger partial charge in [0, 0.05) is 22.8 Å². The summed E-state index contributed by atoms with van der Waals surface area (Å²) in [7, 11) is -2.11. The van der Waals surface area contributed by atoms with Gasteiger partial charge in [0.25, 0.3) is 11.8 Å². The third-order valence-electron chi connectivity index (χ3n) is 6.59. The first-order valence-corrected chi connectivity index (χ1v) is 15.8. The van der Waals surface area contributed by atoms with Crippen molar-refractivity contribution < 1.29 is 27.5 Å². The largest absolute Gasteiger partial charge is 0.493 e. The molecule has 4 aromatic rings. The van der Waals surface area contributed by atoms with Crippen LogP contribution in [0.4, 0.5) is 5.69 Å². The topological polar surface area (TPSA) is 102 Å². The number of imide groups is 1. The summed E-state index contributed by atoms with van der Waals surface area (Å²) < 4.78 is 36.1. The second-order valence-corrected chi connectivity index (χ2v) is 12.5. The van der Waals surface area contributed by atoms with E-state index < -0.39 is 33.4 Å². The number of fused-ring (bicyclic) bond motifs is 1. The van der Waals surface area contributed by atoms with E-state index in [2.05, 4.69) is 0 Å². The van der Waals surface area contributed by atoms with Gasteiger partial charge in [0.1, 0.15) is 14.7 Å². The number of thiophene rings is 1. The third kappa shape index (κ3) is 5.79. The number of carbonyl (C=O) groups is 2. The number of sulfone groups is 1. The van der Waals surface area contributed by atoms with Crippen LogP contribution in [0.3, 0.4) is 0 Å². The van der Waals surface area contributed by atoms with Crippen molar-refractivity contribution >= 4 is 44.4 Å². The quantitative estimate of drug-likeness (QED) is 0.174. The molecule has 0 bridgehead atoms. The molecular weight excluding hydrogens is 560 g/mol. The lowest BCUT2D eigenvalue weighted by molar-refractivity contribution is 0.0599. The molecule has 0 radical (unpaired) electrons. The number of methoxy groups -OCH3 is 1. The maximum Gasteiger partial charge on any atom is 0.272 e. The van der Waals surface area contributed by atoms with Crippen LogP contribution < -0.4 is 9.47 Å². The van der Waals surface area contributed by atoms with Gasteiger partial charge < -0.3 is 9.47 Å². The Morgan fingerprint density at radius 1 is 0.927 bits per heavy atom. The Hall–Kier alpha value is -4.28. The summed E-state index contributed by atoms with van der Waals surface area (Å²) in [5.41, 5.74) is 3.32. The SMILES string of the molecule is CCOc1cc(C(CS(C)(=O)=O)N2C(=O)c3scc(N=C(c4ccccc4)c4ccccc4)c3C2=O)ccc1OC. The van der Waals surface area contributed by atoms with Crippen LogP contribution in [-0.2, 0) is 9.84 Å². The lowest BCUT2D eigenvalue weighted by Gasteiger charge is -2.27. The smallest absolute Gasteiger partial charge is 0.272 e. The Morgan fingerprint density at radius 3 is 2.12 bits per heavy atom. The minimum absolute atomic E-state index is 0.168. The van der Waals surface area contributed by atoms with Crippen molar-refractivity contribution in [1.82, 2.24) is 4.90 Å². The van der Waals surface area contributed by atoms with E-state index in [1.807, 2.05) is 67.6 Å².